The van der Waals surface area contributed by atoms with Crippen molar-refractivity contribution in [2.45, 2.75) is 19.0 Å². The number of aliphatic carboxylic acids is 1. The lowest BCUT2D eigenvalue weighted by Gasteiger charge is -2.32. The van der Waals surface area contributed by atoms with Gasteiger partial charge in [-0.3, -0.25) is 14.7 Å². The number of hydrogen-bond acceptors (Lipinski definition) is 3. The van der Waals surface area contributed by atoms with Crippen LogP contribution in [0.25, 0.3) is 0 Å². The molecule has 1 aromatic heterocycles. The van der Waals surface area contributed by atoms with Gasteiger partial charge in [0.2, 0.25) is 0 Å². The number of hydrogen-bond donors (Lipinski definition) is 1. The van der Waals surface area contributed by atoms with E-state index in [1.54, 1.807) is 6.20 Å². The quantitative estimate of drug-likeness (QED) is 0.927. The zero-order valence-electron chi connectivity index (χ0n) is 11.1. The summed E-state index contributed by atoms with van der Waals surface area (Å²) in [4.78, 5) is 17.9. The van der Waals surface area contributed by atoms with E-state index in [1.807, 2.05) is 42.5 Å². The summed E-state index contributed by atoms with van der Waals surface area (Å²) in [7, 11) is 0. The van der Waals surface area contributed by atoms with Gasteiger partial charge in [-0.15, -0.1) is 0 Å². The zero-order valence-corrected chi connectivity index (χ0v) is 11.1. The summed E-state index contributed by atoms with van der Waals surface area (Å²) in [5.74, 6) is -1.22. The van der Waals surface area contributed by atoms with Gasteiger partial charge in [0.15, 0.2) is 0 Å². The van der Waals surface area contributed by atoms with Crippen LogP contribution in [0.5, 0.6) is 0 Å². The summed E-state index contributed by atoms with van der Waals surface area (Å²) < 4.78 is 0. The number of fused-ring (bicyclic) bond motifs is 1. The predicted octanol–water partition coefficient (Wildman–Crippen LogP) is 2.27. The second-order valence-corrected chi connectivity index (χ2v) is 5.08. The van der Waals surface area contributed by atoms with E-state index in [2.05, 4.69) is 9.88 Å². The molecule has 1 aliphatic rings. The van der Waals surface area contributed by atoms with Crippen LogP contribution in [0.4, 0.5) is 0 Å². The monoisotopic (exact) mass is 268 g/mol. The van der Waals surface area contributed by atoms with Crippen molar-refractivity contribution in [2.75, 3.05) is 6.54 Å². The number of aromatic nitrogens is 1. The Labute approximate surface area is 117 Å². The molecule has 1 aliphatic heterocycles. The molecule has 3 rings (SSSR count). The molecule has 0 saturated heterocycles. The van der Waals surface area contributed by atoms with E-state index in [0.29, 0.717) is 13.1 Å². The van der Waals surface area contributed by atoms with Gasteiger partial charge in [0.25, 0.3) is 0 Å². The Kier molecular flexibility index (Phi) is 3.48. The molecule has 1 unspecified atom stereocenters. The van der Waals surface area contributed by atoms with Crippen LogP contribution in [-0.4, -0.2) is 27.5 Å². The molecule has 0 amide bonds. The fraction of sp³-hybridized carbons (Fsp3) is 0.250. The molecule has 0 radical (unpaired) electrons. The number of benzene rings is 1. The van der Waals surface area contributed by atoms with E-state index in [1.165, 1.54) is 0 Å². The maximum atomic E-state index is 11.5. The van der Waals surface area contributed by atoms with Gasteiger partial charge in [-0.05, 0) is 23.3 Å². The number of pyridine rings is 1. The molecule has 0 spiro atoms. The summed E-state index contributed by atoms with van der Waals surface area (Å²) >= 11 is 0. The van der Waals surface area contributed by atoms with Gasteiger partial charge >= 0.3 is 5.97 Å². The molecule has 4 nitrogen and oxygen atoms in total. The molecule has 2 heterocycles. The standard InChI is InChI=1S/C16H16N2O2/c19-16(20)15-11-18(10-13-6-3-4-8-17-13)9-12-5-1-2-7-14(12)15/h1-8,15H,9-11H2,(H,19,20). The number of rotatable bonds is 3. The SMILES string of the molecule is O=C(O)C1CN(Cc2ccccn2)Cc2ccccc21. The molecule has 0 fully saturated rings. The van der Waals surface area contributed by atoms with Gasteiger partial charge in [-0.1, -0.05) is 30.3 Å². The molecule has 0 bridgehead atoms. The van der Waals surface area contributed by atoms with Crippen LogP contribution in [-0.2, 0) is 17.9 Å². The van der Waals surface area contributed by atoms with Crippen molar-refractivity contribution in [3.05, 3.63) is 65.5 Å². The number of carbonyl (C=O) groups is 1. The van der Waals surface area contributed by atoms with E-state index < -0.39 is 11.9 Å². The third kappa shape index (κ3) is 2.56. The van der Waals surface area contributed by atoms with Crippen LogP contribution in [0.2, 0.25) is 0 Å². The lowest BCUT2D eigenvalue weighted by Crippen LogP contribution is -2.36. The first kappa shape index (κ1) is 12.8. The highest BCUT2D eigenvalue weighted by molar-refractivity contribution is 5.77. The number of carboxylic acids is 1. The third-order valence-corrected chi connectivity index (χ3v) is 3.68. The maximum absolute atomic E-state index is 11.5. The summed E-state index contributed by atoms with van der Waals surface area (Å²) in [6.07, 6.45) is 1.77. The van der Waals surface area contributed by atoms with Crippen LogP contribution >= 0.6 is 0 Å². The Bertz CT molecular complexity index is 613. The highest BCUT2D eigenvalue weighted by Crippen LogP contribution is 2.29. The minimum Gasteiger partial charge on any atom is -0.481 e. The Morgan fingerprint density at radius 2 is 2.05 bits per heavy atom. The Hall–Kier alpha value is -2.20. The van der Waals surface area contributed by atoms with Crippen LogP contribution < -0.4 is 0 Å². The van der Waals surface area contributed by atoms with Crippen molar-refractivity contribution < 1.29 is 9.90 Å². The molecule has 1 N–H and O–H groups in total. The highest BCUT2D eigenvalue weighted by atomic mass is 16.4. The molecular weight excluding hydrogens is 252 g/mol. The van der Waals surface area contributed by atoms with Crippen LogP contribution in [0, 0.1) is 0 Å². The van der Waals surface area contributed by atoms with Gasteiger partial charge in [0, 0.05) is 25.8 Å². The Morgan fingerprint density at radius 1 is 1.25 bits per heavy atom. The van der Waals surface area contributed by atoms with Gasteiger partial charge in [-0.25, -0.2) is 0 Å². The molecule has 4 heteroatoms. The first-order valence-electron chi connectivity index (χ1n) is 6.67. The van der Waals surface area contributed by atoms with Gasteiger partial charge in [0.05, 0.1) is 11.6 Å². The molecule has 0 aliphatic carbocycles. The second-order valence-electron chi connectivity index (χ2n) is 5.08. The van der Waals surface area contributed by atoms with Crippen LogP contribution in [0.3, 0.4) is 0 Å². The van der Waals surface area contributed by atoms with E-state index in [4.69, 9.17) is 0 Å². The lowest BCUT2D eigenvalue weighted by molar-refractivity contribution is -0.139. The van der Waals surface area contributed by atoms with Gasteiger partial charge in [0.1, 0.15) is 0 Å². The lowest BCUT2D eigenvalue weighted by atomic mass is 9.90. The van der Waals surface area contributed by atoms with Crippen molar-refractivity contribution in [3.63, 3.8) is 0 Å². The topological polar surface area (TPSA) is 53.4 Å². The molecule has 1 atom stereocenters. The predicted molar refractivity (Wildman–Crippen MR) is 75.2 cm³/mol. The Morgan fingerprint density at radius 3 is 2.80 bits per heavy atom. The molecule has 102 valence electrons. The summed E-state index contributed by atoms with van der Waals surface area (Å²) in [6, 6.07) is 13.6. The van der Waals surface area contributed by atoms with Crippen molar-refractivity contribution in [2.24, 2.45) is 0 Å². The first-order valence-corrected chi connectivity index (χ1v) is 6.67. The van der Waals surface area contributed by atoms with Crippen LogP contribution in [0.1, 0.15) is 22.7 Å². The van der Waals surface area contributed by atoms with Crippen LogP contribution in [0.15, 0.2) is 48.7 Å². The number of carboxylic acid groups (broad SMARTS) is 1. The fourth-order valence-corrected chi connectivity index (χ4v) is 2.73. The Balaban J connectivity index is 1.85. The van der Waals surface area contributed by atoms with Crippen molar-refractivity contribution in [3.8, 4) is 0 Å². The van der Waals surface area contributed by atoms with Gasteiger partial charge < -0.3 is 5.11 Å². The average Bonchev–Trinajstić information content (AvgIpc) is 2.47. The molecule has 20 heavy (non-hydrogen) atoms. The number of nitrogens with zero attached hydrogens (tertiary/aromatic N) is 2. The van der Waals surface area contributed by atoms with Crippen molar-refractivity contribution in [1.82, 2.24) is 9.88 Å². The molecule has 2 aromatic rings. The van der Waals surface area contributed by atoms with Crippen molar-refractivity contribution in [1.29, 1.82) is 0 Å². The summed E-state index contributed by atoms with van der Waals surface area (Å²) in [5, 5.41) is 9.43. The largest absolute Gasteiger partial charge is 0.481 e. The van der Waals surface area contributed by atoms with E-state index in [9.17, 15) is 9.90 Å². The van der Waals surface area contributed by atoms with E-state index in [0.717, 1.165) is 23.4 Å². The maximum Gasteiger partial charge on any atom is 0.312 e. The van der Waals surface area contributed by atoms with E-state index >= 15 is 0 Å². The highest BCUT2D eigenvalue weighted by Gasteiger charge is 2.30. The van der Waals surface area contributed by atoms with E-state index in [-0.39, 0.29) is 0 Å². The summed E-state index contributed by atoms with van der Waals surface area (Å²) in [5.41, 5.74) is 3.01. The second kappa shape index (κ2) is 5.43. The fourth-order valence-electron chi connectivity index (χ4n) is 2.73. The summed E-state index contributed by atoms with van der Waals surface area (Å²) in [6.45, 7) is 1.98. The smallest absolute Gasteiger partial charge is 0.312 e. The normalized spacial score (nSPS) is 18.5. The zero-order chi connectivity index (χ0) is 13.9. The molecular formula is C16H16N2O2. The average molecular weight is 268 g/mol. The minimum absolute atomic E-state index is 0.455. The van der Waals surface area contributed by atoms with Gasteiger partial charge in [-0.2, -0.15) is 0 Å². The minimum atomic E-state index is -0.761. The van der Waals surface area contributed by atoms with Crippen molar-refractivity contribution >= 4 is 5.97 Å². The first-order chi connectivity index (χ1) is 9.74. The third-order valence-electron chi connectivity index (χ3n) is 3.68. The molecule has 1 aromatic carbocycles. The molecule has 0 saturated carbocycles.